The van der Waals surface area contributed by atoms with Crippen LogP contribution in [0.5, 0.6) is 0 Å². The Bertz CT molecular complexity index is 670. The first-order chi connectivity index (χ1) is 9.99. The monoisotopic (exact) mass is 322 g/mol. The predicted molar refractivity (Wildman–Crippen MR) is 89.5 cm³/mol. The molecule has 0 fully saturated rings. The fraction of sp³-hybridized carbons (Fsp3) is 0.250. The smallest absolute Gasteiger partial charge is 0.325 e. The molecule has 0 saturated heterocycles. The number of halogens is 1. The highest BCUT2D eigenvalue weighted by Crippen LogP contribution is 2.23. The quantitative estimate of drug-likeness (QED) is 0.790. The summed E-state index contributed by atoms with van der Waals surface area (Å²) >= 11 is 0. The molecule has 2 aromatic rings. The van der Waals surface area contributed by atoms with Gasteiger partial charge in [-0.2, -0.15) is 0 Å². The summed E-state index contributed by atoms with van der Waals surface area (Å²) in [6, 6.07) is 12.2. The van der Waals surface area contributed by atoms with Crippen molar-refractivity contribution in [1.29, 1.82) is 0 Å². The van der Waals surface area contributed by atoms with Crippen LogP contribution in [0.4, 0.5) is 5.69 Å². The van der Waals surface area contributed by atoms with Crippen molar-refractivity contribution in [3.8, 4) is 0 Å². The van der Waals surface area contributed by atoms with Crippen LogP contribution in [-0.2, 0) is 9.59 Å². The van der Waals surface area contributed by atoms with Gasteiger partial charge in [-0.1, -0.05) is 36.4 Å². The second kappa shape index (κ2) is 7.66. The standard InChI is InChI=1S/C16H18N2O3.ClH/c1-10(15(19)18-11(2)16(20)21)17-14-9-5-7-12-6-3-4-8-13(12)14;/h3-11,17H,1-2H3,(H,18,19)(H,20,21);1H. The number of amides is 1. The molecule has 0 aliphatic heterocycles. The molecule has 118 valence electrons. The largest absolute Gasteiger partial charge is 0.480 e. The van der Waals surface area contributed by atoms with Crippen LogP contribution in [0.15, 0.2) is 42.5 Å². The van der Waals surface area contributed by atoms with E-state index in [1.54, 1.807) is 6.92 Å². The number of hydrogen-bond acceptors (Lipinski definition) is 3. The number of aliphatic carboxylic acids is 1. The van der Waals surface area contributed by atoms with Gasteiger partial charge >= 0.3 is 5.97 Å². The Morgan fingerprint density at radius 1 is 1.00 bits per heavy atom. The van der Waals surface area contributed by atoms with E-state index >= 15 is 0 Å². The fourth-order valence-corrected chi connectivity index (χ4v) is 2.05. The second-order valence-electron chi connectivity index (χ2n) is 4.96. The van der Waals surface area contributed by atoms with Crippen LogP contribution < -0.4 is 10.6 Å². The van der Waals surface area contributed by atoms with Crippen LogP contribution in [0, 0.1) is 0 Å². The number of carboxylic acid groups (broad SMARTS) is 1. The molecule has 6 heteroatoms. The number of fused-ring (bicyclic) bond motifs is 1. The molecule has 2 rings (SSSR count). The van der Waals surface area contributed by atoms with Crippen molar-refractivity contribution in [2.24, 2.45) is 0 Å². The number of anilines is 1. The Hall–Kier alpha value is -2.27. The van der Waals surface area contributed by atoms with E-state index in [-0.39, 0.29) is 18.3 Å². The lowest BCUT2D eigenvalue weighted by molar-refractivity contribution is -0.141. The predicted octanol–water partition coefficient (Wildman–Crippen LogP) is 2.65. The van der Waals surface area contributed by atoms with Crippen molar-refractivity contribution < 1.29 is 14.7 Å². The van der Waals surface area contributed by atoms with Gasteiger partial charge in [0, 0.05) is 11.1 Å². The van der Waals surface area contributed by atoms with Crippen molar-refractivity contribution in [3.05, 3.63) is 42.5 Å². The average molecular weight is 323 g/mol. The summed E-state index contributed by atoms with van der Waals surface area (Å²) in [5, 5.41) is 16.5. The minimum atomic E-state index is -1.05. The Morgan fingerprint density at radius 2 is 1.64 bits per heavy atom. The maximum atomic E-state index is 12.0. The molecule has 2 aromatic carbocycles. The van der Waals surface area contributed by atoms with E-state index in [1.165, 1.54) is 6.92 Å². The molecule has 0 radical (unpaired) electrons. The zero-order chi connectivity index (χ0) is 15.4. The van der Waals surface area contributed by atoms with Gasteiger partial charge in [0.15, 0.2) is 0 Å². The zero-order valence-electron chi connectivity index (χ0n) is 12.4. The lowest BCUT2D eigenvalue weighted by Gasteiger charge is -2.18. The molecular formula is C16H19ClN2O3. The van der Waals surface area contributed by atoms with Crippen molar-refractivity contribution in [1.82, 2.24) is 5.32 Å². The van der Waals surface area contributed by atoms with E-state index in [0.717, 1.165) is 16.5 Å². The number of carbonyl (C=O) groups excluding carboxylic acids is 1. The minimum absolute atomic E-state index is 0. The number of carboxylic acids is 1. The van der Waals surface area contributed by atoms with Gasteiger partial charge in [-0.05, 0) is 25.3 Å². The van der Waals surface area contributed by atoms with Gasteiger partial charge in [-0.3, -0.25) is 9.59 Å². The van der Waals surface area contributed by atoms with Crippen molar-refractivity contribution in [2.75, 3.05) is 5.32 Å². The lowest BCUT2D eigenvalue weighted by Crippen LogP contribution is -2.45. The Labute approximate surface area is 135 Å². The molecule has 1 amide bonds. The Kier molecular flexibility index (Phi) is 6.19. The molecule has 0 bridgehead atoms. The molecule has 22 heavy (non-hydrogen) atoms. The Morgan fingerprint density at radius 3 is 2.32 bits per heavy atom. The van der Waals surface area contributed by atoms with Crippen LogP contribution in [0.1, 0.15) is 13.8 Å². The maximum Gasteiger partial charge on any atom is 0.325 e. The summed E-state index contributed by atoms with van der Waals surface area (Å²) in [7, 11) is 0. The van der Waals surface area contributed by atoms with E-state index in [4.69, 9.17) is 5.11 Å². The molecule has 0 aliphatic rings. The van der Waals surface area contributed by atoms with Crippen molar-refractivity contribution >= 4 is 40.7 Å². The molecule has 0 spiro atoms. The molecule has 0 heterocycles. The maximum absolute atomic E-state index is 12.0. The third-order valence-electron chi connectivity index (χ3n) is 3.28. The zero-order valence-corrected chi connectivity index (χ0v) is 13.2. The first-order valence-electron chi connectivity index (χ1n) is 6.76. The van der Waals surface area contributed by atoms with Crippen LogP contribution in [0.3, 0.4) is 0 Å². The number of hydrogen-bond donors (Lipinski definition) is 3. The van der Waals surface area contributed by atoms with Crippen molar-refractivity contribution in [2.45, 2.75) is 25.9 Å². The van der Waals surface area contributed by atoms with Gasteiger partial charge in [-0.15, -0.1) is 12.4 Å². The highest BCUT2D eigenvalue weighted by molar-refractivity contribution is 5.96. The summed E-state index contributed by atoms with van der Waals surface area (Å²) < 4.78 is 0. The summed E-state index contributed by atoms with van der Waals surface area (Å²) in [5.74, 6) is -1.40. The van der Waals surface area contributed by atoms with Gasteiger partial charge in [0.05, 0.1) is 0 Å². The molecule has 0 saturated carbocycles. The topological polar surface area (TPSA) is 78.4 Å². The molecule has 3 N–H and O–H groups in total. The van der Waals surface area contributed by atoms with Gasteiger partial charge in [0.25, 0.3) is 0 Å². The van der Waals surface area contributed by atoms with E-state index < -0.39 is 18.1 Å². The first-order valence-corrected chi connectivity index (χ1v) is 6.76. The lowest BCUT2D eigenvalue weighted by atomic mass is 10.1. The number of rotatable bonds is 5. The normalized spacial score (nSPS) is 12.8. The van der Waals surface area contributed by atoms with Crippen LogP contribution in [-0.4, -0.2) is 29.1 Å². The molecule has 2 unspecified atom stereocenters. The van der Waals surface area contributed by atoms with E-state index in [9.17, 15) is 9.59 Å². The third-order valence-corrected chi connectivity index (χ3v) is 3.28. The SMILES string of the molecule is CC(NC(=O)C(C)Nc1cccc2ccccc12)C(=O)O.Cl. The van der Waals surface area contributed by atoms with Crippen LogP contribution in [0.2, 0.25) is 0 Å². The van der Waals surface area contributed by atoms with Gasteiger partial charge in [-0.25, -0.2) is 0 Å². The van der Waals surface area contributed by atoms with Crippen molar-refractivity contribution in [3.63, 3.8) is 0 Å². The van der Waals surface area contributed by atoms with Gasteiger partial charge in [0.1, 0.15) is 12.1 Å². The highest BCUT2D eigenvalue weighted by atomic mass is 35.5. The van der Waals surface area contributed by atoms with E-state index in [1.807, 2.05) is 42.5 Å². The molecule has 2 atom stereocenters. The molecule has 0 aliphatic carbocycles. The summed E-state index contributed by atoms with van der Waals surface area (Å²) in [6.45, 7) is 3.14. The molecular weight excluding hydrogens is 304 g/mol. The first kappa shape index (κ1) is 17.8. The summed E-state index contributed by atoms with van der Waals surface area (Å²) in [6.07, 6.45) is 0. The number of benzene rings is 2. The minimum Gasteiger partial charge on any atom is -0.480 e. The number of nitrogens with one attached hydrogen (secondary N) is 2. The summed E-state index contributed by atoms with van der Waals surface area (Å²) in [4.78, 5) is 22.7. The highest BCUT2D eigenvalue weighted by Gasteiger charge is 2.19. The number of carbonyl (C=O) groups is 2. The fourth-order valence-electron chi connectivity index (χ4n) is 2.05. The molecule has 5 nitrogen and oxygen atoms in total. The van der Waals surface area contributed by atoms with Gasteiger partial charge in [0.2, 0.25) is 5.91 Å². The summed E-state index contributed by atoms with van der Waals surface area (Å²) in [5.41, 5.74) is 0.846. The van der Waals surface area contributed by atoms with E-state index in [0.29, 0.717) is 0 Å². The Balaban J connectivity index is 0.00000242. The second-order valence-corrected chi connectivity index (χ2v) is 4.96. The third kappa shape index (κ3) is 4.11. The average Bonchev–Trinajstić information content (AvgIpc) is 2.47. The van der Waals surface area contributed by atoms with Crippen LogP contribution in [0.25, 0.3) is 10.8 Å². The molecule has 0 aromatic heterocycles. The van der Waals surface area contributed by atoms with E-state index in [2.05, 4.69) is 10.6 Å². The van der Waals surface area contributed by atoms with Crippen LogP contribution >= 0.6 is 12.4 Å². The van der Waals surface area contributed by atoms with Gasteiger partial charge < -0.3 is 15.7 Å².